The molecule has 2 heterocycles. The zero-order chi connectivity index (χ0) is 19.4. The van der Waals surface area contributed by atoms with E-state index in [1.54, 1.807) is 41.9 Å². The number of carbonyl (C=O) groups excluding carboxylic acids is 2. The van der Waals surface area contributed by atoms with Crippen molar-refractivity contribution in [3.63, 3.8) is 0 Å². The number of amides is 2. The molecule has 0 bridgehead atoms. The molecule has 0 radical (unpaired) electrons. The van der Waals surface area contributed by atoms with Crippen LogP contribution in [0.25, 0.3) is 0 Å². The van der Waals surface area contributed by atoms with Gasteiger partial charge in [-0.15, -0.1) is 5.10 Å². The quantitative estimate of drug-likeness (QED) is 0.776. The summed E-state index contributed by atoms with van der Waals surface area (Å²) in [6, 6.07) is 4.45. The summed E-state index contributed by atoms with van der Waals surface area (Å²) in [6.07, 6.45) is 1.61. The Morgan fingerprint density at radius 2 is 2.04 bits per heavy atom. The summed E-state index contributed by atoms with van der Waals surface area (Å²) in [7, 11) is 1.65. The molecule has 144 valence electrons. The molecule has 1 aliphatic heterocycles. The van der Waals surface area contributed by atoms with Crippen molar-refractivity contribution >= 4 is 23.6 Å². The summed E-state index contributed by atoms with van der Waals surface area (Å²) >= 11 is 1.83. The van der Waals surface area contributed by atoms with E-state index in [1.165, 1.54) is 11.0 Å². The lowest BCUT2D eigenvalue weighted by Crippen LogP contribution is -2.38. The van der Waals surface area contributed by atoms with E-state index in [0.29, 0.717) is 29.9 Å². The van der Waals surface area contributed by atoms with Gasteiger partial charge in [-0.1, -0.05) is 11.3 Å². The summed E-state index contributed by atoms with van der Waals surface area (Å²) in [5.41, 5.74) is 1.12. The predicted molar refractivity (Wildman–Crippen MR) is 101 cm³/mol. The fraction of sp³-hybridized carbons (Fsp3) is 0.444. The summed E-state index contributed by atoms with van der Waals surface area (Å²) in [5, 5.41) is 7.93. The lowest BCUT2D eigenvalue weighted by molar-refractivity contribution is 0.0763. The Labute approximate surface area is 161 Å². The molecule has 1 aromatic heterocycles. The number of hydrogen-bond donors (Lipinski definition) is 0. The van der Waals surface area contributed by atoms with Gasteiger partial charge in [-0.2, -0.15) is 11.8 Å². The van der Waals surface area contributed by atoms with Crippen molar-refractivity contribution in [3.05, 3.63) is 47.0 Å². The highest BCUT2D eigenvalue weighted by Crippen LogP contribution is 2.13. The second kappa shape index (κ2) is 8.51. The van der Waals surface area contributed by atoms with Gasteiger partial charge in [-0.3, -0.25) is 9.59 Å². The minimum Gasteiger partial charge on any atom is -0.340 e. The van der Waals surface area contributed by atoms with Crippen LogP contribution in [0.2, 0.25) is 0 Å². The maximum absolute atomic E-state index is 13.7. The van der Waals surface area contributed by atoms with Crippen molar-refractivity contribution in [2.75, 3.05) is 38.2 Å². The lowest BCUT2D eigenvalue weighted by Gasteiger charge is -2.25. The highest BCUT2D eigenvalue weighted by Gasteiger charge is 2.21. The van der Waals surface area contributed by atoms with Crippen molar-refractivity contribution in [2.24, 2.45) is 0 Å². The van der Waals surface area contributed by atoms with Gasteiger partial charge in [-0.05, 0) is 24.6 Å². The summed E-state index contributed by atoms with van der Waals surface area (Å²) in [5.74, 6) is 1.10. The van der Waals surface area contributed by atoms with Gasteiger partial charge in [0.15, 0.2) is 5.69 Å². The van der Waals surface area contributed by atoms with E-state index >= 15 is 0 Å². The molecule has 9 heteroatoms. The second-order valence-corrected chi connectivity index (χ2v) is 7.69. The molecule has 0 aliphatic carbocycles. The number of carbonyl (C=O) groups is 2. The molecular formula is C18H22FN5O2S. The Hall–Kier alpha value is -2.42. The van der Waals surface area contributed by atoms with Crippen molar-refractivity contribution in [1.82, 2.24) is 24.8 Å². The van der Waals surface area contributed by atoms with Gasteiger partial charge in [0, 0.05) is 43.8 Å². The first-order chi connectivity index (χ1) is 13.0. The van der Waals surface area contributed by atoms with Crippen LogP contribution in [0, 0.1) is 12.7 Å². The summed E-state index contributed by atoms with van der Waals surface area (Å²) in [4.78, 5) is 28.1. The third kappa shape index (κ3) is 4.65. The van der Waals surface area contributed by atoms with Gasteiger partial charge >= 0.3 is 0 Å². The van der Waals surface area contributed by atoms with Crippen LogP contribution in [0.15, 0.2) is 24.4 Å². The van der Waals surface area contributed by atoms with Crippen LogP contribution in [0.4, 0.5) is 4.39 Å². The number of thioether (sulfide) groups is 1. The van der Waals surface area contributed by atoms with E-state index in [-0.39, 0.29) is 11.8 Å². The predicted octanol–water partition coefficient (Wildman–Crippen LogP) is 1.69. The highest BCUT2D eigenvalue weighted by atomic mass is 32.2. The number of benzene rings is 1. The molecule has 0 unspecified atom stereocenters. The molecule has 1 fully saturated rings. The molecular weight excluding hydrogens is 369 g/mol. The molecule has 3 rings (SSSR count). The van der Waals surface area contributed by atoms with Crippen molar-refractivity contribution in [2.45, 2.75) is 13.5 Å². The molecule has 0 spiro atoms. The lowest BCUT2D eigenvalue weighted by atomic mass is 10.1. The average Bonchev–Trinajstić information content (AvgIpc) is 3.16. The molecule has 2 amide bonds. The summed E-state index contributed by atoms with van der Waals surface area (Å²) < 4.78 is 15.2. The fourth-order valence-electron chi connectivity index (χ4n) is 2.73. The number of halogens is 1. The first kappa shape index (κ1) is 19.3. The molecule has 1 saturated heterocycles. The largest absolute Gasteiger partial charge is 0.340 e. The molecule has 0 N–H and O–H groups in total. The van der Waals surface area contributed by atoms with E-state index < -0.39 is 5.82 Å². The van der Waals surface area contributed by atoms with E-state index in [1.807, 2.05) is 11.8 Å². The molecule has 27 heavy (non-hydrogen) atoms. The van der Waals surface area contributed by atoms with Gasteiger partial charge in [0.2, 0.25) is 0 Å². The Bertz CT molecular complexity index is 835. The Morgan fingerprint density at radius 3 is 2.74 bits per heavy atom. The van der Waals surface area contributed by atoms with E-state index in [4.69, 9.17) is 0 Å². The normalized spacial score (nSPS) is 14.3. The third-order valence-corrected chi connectivity index (χ3v) is 5.43. The zero-order valence-electron chi connectivity index (χ0n) is 15.4. The standard InChI is InChI=1S/C18H22FN5O2S/c1-13-3-4-14(11-15(13)19)17(25)22(2)5-6-24-12-16(20-21-24)18(26)23-7-9-27-10-8-23/h3-4,11-12H,5-10H2,1-2H3. The maximum Gasteiger partial charge on any atom is 0.276 e. The number of hydrogen-bond acceptors (Lipinski definition) is 5. The Morgan fingerprint density at radius 1 is 1.30 bits per heavy atom. The first-order valence-corrected chi connectivity index (χ1v) is 9.90. The van der Waals surface area contributed by atoms with Gasteiger partial charge in [-0.25, -0.2) is 9.07 Å². The van der Waals surface area contributed by atoms with Crippen LogP contribution in [-0.4, -0.2) is 74.8 Å². The molecule has 0 saturated carbocycles. The monoisotopic (exact) mass is 391 g/mol. The highest BCUT2D eigenvalue weighted by molar-refractivity contribution is 7.99. The SMILES string of the molecule is Cc1ccc(C(=O)N(C)CCn2cc(C(=O)N3CCSCC3)nn2)cc1F. The number of aryl methyl sites for hydroxylation is 1. The Kier molecular flexibility index (Phi) is 6.10. The third-order valence-electron chi connectivity index (χ3n) is 4.49. The molecule has 2 aromatic rings. The van der Waals surface area contributed by atoms with E-state index in [9.17, 15) is 14.0 Å². The van der Waals surface area contributed by atoms with Crippen molar-refractivity contribution in [3.8, 4) is 0 Å². The number of nitrogens with zero attached hydrogens (tertiary/aromatic N) is 5. The topological polar surface area (TPSA) is 71.3 Å². The van der Waals surface area contributed by atoms with Gasteiger partial charge in [0.05, 0.1) is 12.7 Å². The zero-order valence-corrected chi connectivity index (χ0v) is 16.2. The second-order valence-electron chi connectivity index (χ2n) is 6.46. The number of likely N-dealkylation sites (N-methyl/N-ethyl adjacent to an activating group) is 1. The van der Waals surface area contributed by atoms with Crippen molar-refractivity contribution in [1.29, 1.82) is 0 Å². The average molecular weight is 391 g/mol. The van der Waals surface area contributed by atoms with Crippen LogP contribution in [0.5, 0.6) is 0 Å². The molecule has 7 nitrogen and oxygen atoms in total. The minimum absolute atomic E-state index is 0.110. The van der Waals surface area contributed by atoms with E-state index in [0.717, 1.165) is 24.6 Å². The smallest absolute Gasteiger partial charge is 0.276 e. The van der Waals surface area contributed by atoms with Crippen LogP contribution < -0.4 is 0 Å². The first-order valence-electron chi connectivity index (χ1n) is 8.74. The van der Waals surface area contributed by atoms with Crippen LogP contribution >= 0.6 is 11.8 Å². The van der Waals surface area contributed by atoms with Gasteiger partial charge in [0.1, 0.15) is 5.82 Å². The number of aromatic nitrogens is 3. The maximum atomic E-state index is 13.7. The fourth-order valence-corrected chi connectivity index (χ4v) is 3.64. The summed E-state index contributed by atoms with van der Waals surface area (Å²) in [6.45, 7) is 3.86. The van der Waals surface area contributed by atoms with Crippen LogP contribution in [0.3, 0.4) is 0 Å². The van der Waals surface area contributed by atoms with Crippen LogP contribution in [-0.2, 0) is 6.54 Å². The Balaban J connectivity index is 1.56. The molecule has 1 aliphatic rings. The van der Waals surface area contributed by atoms with Gasteiger partial charge in [0.25, 0.3) is 11.8 Å². The molecule has 1 aromatic carbocycles. The minimum atomic E-state index is -0.398. The molecule has 0 atom stereocenters. The van der Waals surface area contributed by atoms with Crippen LogP contribution in [0.1, 0.15) is 26.4 Å². The van der Waals surface area contributed by atoms with Gasteiger partial charge < -0.3 is 9.80 Å². The van der Waals surface area contributed by atoms with E-state index in [2.05, 4.69) is 10.3 Å². The van der Waals surface area contributed by atoms with Crippen molar-refractivity contribution < 1.29 is 14.0 Å². The number of rotatable bonds is 5.